The fraction of sp³-hybridized carbons (Fsp3) is 0.357. The average molecular weight is 285 g/mol. The van der Waals surface area contributed by atoms with Crippen molar-refractivity contribution in [2.45, 2.75) is 6.54 Å². The van der Waals surface area contributed by atoms with Crippen LogP contribution in [0.3, 0.4) is 0 Å². The van der Waals surface area contributed by atoms with Crippen LogP contribution < -0.4 is 21.3 Å². The first kappa shape index (κ1) is 13.6. The van der Waals surface area contributed by atoms with E-state index >= 15 is 0 Å². The third-order valence-electron chi connectivity index (χ3n) is 3.40. The standard InChI is InChI=1S/C14H19N7/c15-14-18-5-3-11(20-14)10-19-12-2-1-4-17-13(12)21-8-6-16-7-9-21/h1-5,16,19H,6-10H2,(H2,15,18,20). The molecule has 1 aliphatic rings. The van der Waals surface area contributed by atoms with Gasteiger partial charge in [-0.25, -0.2) is 15.0 Å². The van der Waals surface area contributed by atoms with E-state index < -0.39 is 0 Å². The largest absolute Gasteiger partial charge is 0.376 e. The molecule has 21 heavy (non-hydrogen) atoms. The summed E-state index contributed by atoms with van der Waals surface area (Å²) in [5.41, 5.74) is 7.47. The average Bonchev–Trinajstić information content (AvgIpc) is 2.54. The Morgan fingerprint density at radius 2 is 2.05 bits per heavy atom. The molecule has 1 fully saturated rings. The van der Waals surface area contributed by atoms with Gasteiger partial charge in [0.05, 0.1) is 17.9 Å². The molecule has 0 saturated carbocycles. The maximum Gasteiger partial charge on any atom is 0.220 e. The zero-order chi connectivity index (χ0) is 14.5. The van der Waals surface area contributed by atoms with Gasteiger partial charge in [-0.05, 0) is 18.2 Å². The summed E-state index contributed by atoms with van der Waals surface area (Å²) in [6.07, 6.45) is 3.49. The number of rotatable bonds is 4. The first-order valence-electron chi connectivity index (χ1n) is 7.05. The van der Waals surface area contributed by atoms with Gasteiger partial charge in [-0.15, -0.1) is 0 Å². The van der Waals surface area contributed by atoms with Gasteiger partial charge < -0.3 is 21.3 Å². The summed E-state index contributed by atoms with van der Waals surface area (Å²) in [5.74, 6) is 1.28. The molecule has 0 aromatic carbocycles. The Balaban J connectivity index is 1.73. The normalized spacial score (nSPS) is 15.0. The fourth-order valence-corrected chi connectivity index (χ4v) is 2.36. The molecular weight excluding hydrogens is 266 g/mol. The van der Waals surface area contributed by atoms with E-state index in [1.54, 1.807) is 6.20 Å². The highest BCUT2D eigenvalue weighted by Gasteiger charge is 2.15. The van der Waals surface area contributed by atoms with Gasteiger partial charge in [0.15, 0.2) is 5.82 Å². The smallest absolute Gasteiger partial charge is 0.220 e. The van der Waals surface area contributed by atoms with Crippen molar-refractivity contribution in [3.05, 3.63) is 36.3 Å². The second-order valence-electron chi connectivity index (χ2n) is 4.87. The third kappa shape index (κ3) is 3.38. The molecule has 0 bridgehead atoms. The van der Waals surface area contributed by atoms with Crippen LogP contribution in [0.2, 0.25) is 0 Å². The van der Waals surface area contributed by atoms with E-state index in [1.807, 2.05) is 24.4 Å². The van der Waals surface area contributed by atoms with E-state index in [0.717, 1.165) is 43.4 Å². The maximum atomic E-state index is 5.60. The summed E-state index contributed by atoms with van der Waals surface area (Å²) in [6, 6.07) is 5.82. The van der Waals surface area contributed by atoms with Crippen LogP contribution in [-0.2, 0) is 6.54 Å². The number of anilines is 3. The van der Waals surface area contributed by atoms with Gasteiger partial charge in [0.25, 0.3) is 0 Å². The number of nitrogens with one attached hydrogen (secondary N) is 2. The van der Waals surface area contributed by atoms with Crippen molar-refractivity contribution >= 4 is 17.5 Å². The molecule has 1 aliphatic heterocycles. The second kappa shape index (κ2) is 6.36. The lowest BCUT2D eigenvalue weighted by atomic mass is 10.3. The summed E-state index contributed by atoms with van der Waals surface area (Å²) in [6.45, 7) is 4.49. The molecule has 4 N–H and O–H groups in total. The van der Waals surface area contributed by atoms with Crippen LogP contribution in [0.15, 0.2) is 30.6 Å². The lowest BCUT2D eigenvalue weighted by molar-refractivity contribution is 0.585. The molecule has 2 aromatic rings. The van der Waals surface area contributed by atoms with Crippen molar-refractivity contribution in [3.63, 3.8) is 0 Å². The van der Waals surface area contributed by atoms with Gasteiger partial charge in [0.2, 0.25) is 5.95 Å². The van der Waals surface area contributed by atoms with Gasteiger partial charge in [0, 0.05) is 38.6 Å². The highest BCUT2D eigenvalue weighted by Crippen LogP contribution is 2.23. The molecule has 110 valence electrons. The number of hydrogen-bond acceptors (Lipinski definition) is 7. The molecule has 0 atom stereocenters. The predicted octanol–water partition coefficient (Wildman–Crippen LogP) is 0.475. The Morgan fingerprint density at radius 3 is 2.86 bits per heavy atom. The third-order valence-corrected chi connectivity index (χ3v) is 3.40. The van der Waals surface area contributed by atoms with Crippen molar-refractivity contribution < 1.29 is 0 Å². The zero-order valence-corrected chi connectivity index (χ0v) is 11.8. The number of nitrogen functional groups attached to an aromatic ring is 1. The van der Waals surface area contributed by atoms with E-state index in [4.69, 9.17) is 5.73 Å². The van der Waals surface area contributed by atoms with Gasteiger partial charge in [-0.2, -0.15) is 0 Å². The molecule has 0 aliphatic carbocycles. The summed E-state index contributed by atoms with van der Waals surface area (Å²) >= 11 is 0. The van der Waals surface area contributed by atoms with Crippen LogP contribution >= 0.6 is 0 Å². The highest BCUT2D eigenvalue weighted by molar-refractivity contribution is 5.65. The zero-order valence-electron chi connectivity index (χ0n) is 11.8. The Bertz CT molecular complexity index is 595. The number of nitrogens with two attached hydrogens (primary N) is 1. The monoisotopic (exact) mass is 285 g/mol. The van der Waals surface area contributed by atoms with Gasteiger partial charge in [-0.3, -0.25) is 0 Å². The second-order valence-corrected chi connectivity index (χ2v) is 4.87. The summed E-state index contributed by atoms with van der Waals surface area (Å²) < 4.78 is 0. The lowest BCUT2D eigenvalue weighted by Crippen LogP contribution is -2.44. The predicted molar refractivity (Wildman–Crippen MR) is 83.1 cm³/mol. The van der Waals surface area contributed by atoms with Crippen molar-refractivity contribution in [2.75, 3.05) is 42.1 Å². The molecule has 0 spiro atoms. The molecule has 3 heterocycles. The molecule has 2 aromatic heterocycles. The van der Waals surface area contributed by atoms with E-state index in [0.29, 0.717) is 12.5 Å². The topological polar surface area (TPSA) is 92.0 Å². The molecular formula is C14H19N7. The summed E-state index contributed by atoms with van der Waals surface area (Å²) in [7, 11) is 0. The van der Waals surface area contributed by atoms with Gasteiger partial charge in [-0.1, -0.05) is 0 Å². The Hall–Kier alpha value is -2.41. The minimum absolute atomic E-state index is 0.294. The minimum atomic E-state index is 0.294. The van der Waals surface area contributed by atoms with E-state index in [9.17, 15) is 0 Å². The number of pyridine rings is 1. The SMILES string of the molecule is Nc1nccc(CNc2cccnc2N2CCNCC2)n1. The summed E-state index contributed by atoms with van der Waals surface area (Å²) in [5, 5.41) is 6.73. The number of hydrogen-bond donors (Lipinski definition) is 3. The van der Waals surface area contributed by atoms with Crippen LogP contribution in [0.1, 0.15) is 5.69 Å². The first-order chi connectivity index (χ1) is 10.3. The van der Waals surface area contributed by atoms with Crippen LogP contribution in [0.25, 0.3) is 0 Å². The Labute approximate surface area is 123 Å². The fourth-order valence-electron chi connectivity index (χ4n) is 2.36. The van der Waals surface area contributed by atoms with Crippen molar-refractivity contribution in [1.82, 2.24) is 20.3 Å². The van der Waals surface area contributed by atoms with Gasteiger partial charge in [0.1, 0.15) is 0 Å². The lowest BCUT2D eigenvalue weighted by Gasteiger charge is -2.30. The molecule has 3 rings (SSSR count). The molecule has 7 heteroatoms. The first-order valence-corrected chi connectivity index (χ1v) is 7.05. The van der Waals surface area contributed by atoms with Crippen LogP contribution in [0, 0.1) is 0 Å². The Morgan fingerprint density at radius 1 is 1.19 bits per heavy atom. The van der Waals surface area contributed by atoms with E-state index in [-0.39, 0.29) is 0 Å². The number of nitrogens with zero attached hydrogens (tertiary/aromatic N) is 4. The number of piperazine rings is 1. The van der Waals surface area contributed by atoms with Crippen LogP contribution in [0.5, 0.6) is 0 Å². The van der Waals surface area contributed by atoms with E-state index in [1.165, 1.54) is 0 Å². The molecule has 0 radical (unpaired) electrons. The van der Waals surface area contributed by atoms with Gasteiger partial charge >= 0.3 is 0 Å². The maximum absolute atomic E-state index is 5.60. The number of aromatic nitrogens is 3. The van der Waals surface area contributed by atoms with Crippen LogP contribution in [-0.4, -0.2) is 41.1 Å². The van der Waals surface area contributed by atoms with Crippen molar-refractivity contribution in [2.24, 2.45) is 0 Å². The highest BCUT2D eigenvalue weighted by atomic mass is 15.2. The van der Waals surface area contributed by atoms with Crippen LogP contribution in [0.4, 0.5) is 17.5 Å². The van der Waals surface area contributed by atoms with Crippen molar-refractivity contribution in [3.8, 4) is 0 Å². The molecule has 0 amide bonds. The van der Waals surface area contributed by atoms with Crippen molar-refractivity contribution in [1.29, 1.82) is 0 Å². The quantitative estimate of drug-likeness (QED) is 0.752. The van der Waals surface area contributed by atoms with E-state index in [2.05, 4.69) is 30.5 Å². The molecule has 7 nitrogen and oxygen atoms in total. The molecule has 1 saturated heterocycles. The molecule has 0 unspecified atom stereocenters. The Kier molecular flexibility index (Phi) is 4.11. The summed E-state index contributed by atoms with van der Waals surface area (Å²) in [4.78, 5) is 14.9. The minimum Gasteiger partial charge on any atom is -0.376 e.